The molecule has 1 N–H and O–H groups in total. The first-order valence-electron chi connectivity index (χ1n) is 9.16. The van der Waals surface area contributed by atoms with Crippen molar-refractivity contribution < 1.29 is 14.6 Å². The topological polar surface area (TPSA) is 70.8 Å². The minimum Gasteiger partial charge on any atom is -0.483 e. The summed E-state index contributed by atoms with van der Waals surface area (Å²) in [5, 5.41) is 12.5. The zero-order chi connectivity index (χ0) is 20.5. The van der Waals surface area contributed by atoms with Crippen molar-refractivity contribution in [2.24, 2.45) is 0 Å². The summed E-state index contributed by atoms with van der Waals surface area (Å²) in [4.78, 5) is 13.3. The second-order valence-corrected chi connectivity index (χ2v) is 7.18. The fourth-order valence-electron chi connectivity index (χ4n) is 3.00. The van der Waals surface area contributed by atoms with Gasteiger partial charge in [0.25, 0.3) is 6.47 Å². The standard InChI is InChI=1S/C18H24Cl2N4O.CH2O2/c1-3-22-6-8-23(9-7-22)10-11-25-18-12-14(2)24(21-18)15-4-5-16(19)17(20)13-15;2-1-3/h4-5,12-13H,3,6-11H2,1-2H3;1H,(H,2,3). The number of aryl methyl sites for hydroxylation is 1. The minimum atomic E-state index is -0.250. The number of nitrogens with zero attached hydrogens (tertiary/aromatic N) is 4. The summed E-state index contributed by atoms with van der Waals surface area (Å²) < 4.78 is 7.67. The van der Waals surface area contributed by atoms with Crippen molar-refractivity contribution in [1.82, 2.24) is 19.6 Å². The highest BCUT2D eigenvalue weighted by Gasteiger charge is 2.15. The molecule has 3 rings (SSSR count). The van der Waals surface area contributed by atoms with Gasteiger partial charge in [0.15, 0.2) is 0 Å². The number of aromatic nitrogens is 2. The number of halogens is 2. The molecule has 2 aromatic rings. The number of carbonyl (C=O) groups is 1. The van der Waals surface area contributed by atoms with E-state index in [0.717, 1.165) is 50.6 Å². The van der Waals surface area contributed by atoms with Gasteiger partial charge in [0.1, 0.15) is 6.61 Å². The lowest BCUT2D eigenvalue weighted by Gasteiger charge is -2.33. The number of likely N-dealkylation sites (N-methyl/N-ethyl adjacent to an activating group) is 1. The molecule has 0 spiro atoms. The predicted molar refractivity (Wildman–Crippen MR) is 111 cm³/mol. The van der Waals surface area contributed by atoms with Crippen LogP contribution in [0, 0.1) is 6.92 Å². The summed E-state index contributed by atoms with van der Waals surface area (Å²) in [5.41, 5.74) is 1.86. The third-order valence-electron chi connectivity index (χ3n) is 4.58. The van der Waals surface area contributed by atoms with Crippen molar-refractivity contribution in [2.75, 3.05) is 45.9 Å². The summed E-state index contributed by atoms with van der Waals surface area (Å²) >= 11 is 12.1. The molecular formula is C19H26Cl2N4O3. The number of hydrogen-bond donors (Lipinski definition) is 1. The molecule has 1 aliphatic heterocycles. The maximum absolute atomic E-state index is 8.36. The molecular weight excluding hydrogens is 403 g/mol. The summed E-state index contributed by atoms with van der Waals surface area (Å²) in [6.07, 6.45) is 0. The minimum absolute atomic E-state index is 0.250. The summed E-state index contributed by atoms with van der Waals surface area (Å²) in [6.45, 7) is 11.2. The zero-order valence-corrected chi connectivity index (χ0v) is 17.7. The van der Waals surface area contributed by atoms with Gasteiger partial charge in [-0.2, -0.15) is 0 Å². The third-order valence-corrected chi connectivity index (χ3v) is 5.32. The Balaban J connectivity index is 0.000000878. The van der Waals surface area contributed by atoms with Crippen LogP contribution >= 0.6 is 23.2 Å². The number of ether oxygens (including phenoxy) is 1. The van der Waals surface area contributed by atoms with Crippen molar-refractivity contribution >= 4 is 29.7 Å². The Morgan fingerprint density at radius 1 is 1.14 bits per heavy atom. The lowest BCUT2D eigenvalue weighted by Crippen LogP contribution is -2.47. The van der Waals surface area contributed by atoms with Gasteiger partial charge < -0.3 is 14.7 Å². The maximum Gasteiger partial charge on any atom is 0.290 e. The highest BCUT2D eigenvalue weighted by molar-refractivity contribution is 6.42. The Morgan fingerprint density at radius 2 is 1.79 bits per heavy atom. The lowest BCUT2D eigenvalue weighted by molar-refractivity contribution is -0.122. The van der Waals surface area contributed by atoms with E-state index >= 15 is 0 Å². The third kappa shape index (κ3) is 6.38. The fraction of sp³-hybridized carbons (Fsp3) is 0.474. The van der Waals surface area contributed by atoms with Gasteiger partial charge in [-0.15, -0.1) is 5.10 Å². The van der Waals surface area contributed by atoms with Crippen LogP contribution in [0.1, 0.15) is 12.6 Å². The van der Waals surface area contributed by atoms with Crippen molar-refractivity contribution in [3.63, 3.8) is 0 Å². The number of benzene rings is 1. The fourth-order valence-corrected chi connectivity index (χ4v) is 3.30. The van der Waals surface area contributed by atoms with Gasteiger partial charge in [-0.3, -0.25) is 9.69 Å². The molecule has 0 unspecified atom stereocenters. The number of carboxylic acid groups (broad SMARTS) is 1. The predicted octanol–water partition coefficient (Wildman–Crippen LogP) is 3.20. The summed E-state index contributed by atoms with van der Waals surface area (Å²) in [7, 11) is 0. The van der Waals surface area contributed by atoms with E-state index in [1.165, 1.54) is 0 Å². The van der Waals surface area contributed by atoms with Crippen molar-refractivity contribution in [1.29, 1.82) is 0 Å². The van der Waals surface area contributed by atoms with Gasteiger partial charge in [-0.05, 0) is 31.7 Å². The van der Waals surface area contributed by atoms with Gasteiger partial charge in [-0.1, -0.05) is 30.1 Å². The normalized spacial score (nSPS) is 15.0. The second-order valence-electron chi connectivity index (χ2n) is 6.36. The molecule has 154 valence electrons. The van der Waals surface area contributed by atoms with Crippen LogP contribution in [0.2, 0.25) is 10.0 Å². The second kappa shape index (κ2) is 11.3. The Hall–Kier alpha value is -1.80. The van der Waals surface area contributed by atoms with E-state index in [1.807, 2.05) is 23.7 Å². The van der Waals surface area contributed by atoms with E-state index in [4.69, 9.17) is 37.8 Å². The van der Waals surface area contributed by atoms with Gasteiger partial charge in [-0.25, -0.2) is 4.68 Å². The van der Waals surface area contributed by atoms with Crippen LogP contribution in [0.3, 0.4) is 0 Å². The molecule has 1 saturated heterocycles. The molecule has 1 aromatic carbocycles. The van der Waals surface area contributed by atoms with Crippen LogP contribution in [0.15, 0.2) is 24.3 Å². The lowest BCUT2D eigenvalue weighted by atomic mass is 10.3. The first kappa shape index (κ1) is 22.5. The molecule has 7 nitrogen and oxygen atoms in total. The number of rotatable bonds is 6. The molecule has 0 radical (unpaired) electrons. The molecule has 0 saturated carbocycles. The molecule has 0 amide bonds. The van der Waals surface area contributed by atoms with Gasteiger partial charge in [0.05, 0.1) is 15.7 Å². The van der Waals surface area contributed by atoms with Gasteiger partial charge in [0.2, 0.25) is 5.88 Å². The van der Waals surface area contributed by atoms with E-state index in [0.29, 0.717) is 22.5 Å². The van der Waals surface area contributed by atoms with Gasteiger partial charge in [0, 0.05) is 44.5 Å². The Bertz CT molecular complexity index is 762. The average Bonchev–Trinajstić information content (AvgIpc) is 3.06. The molecule has 28 heavy (non-hydrogen) atoms. The monoisotopic (exact) mass is 428 g/mol. The molecule has 0 aliphatic carbocycles. The first-order chi connectivity index (χ1) is 13.5. The highest BCUT2D eigenvalue weighted by atomic mass is 35.5. The Labute approximate surface area is 175 Å². The van der Waals surface area contributed by atoms with Crippen LogP contribution in [0.5, 0.6) is 5.88 Å². The van der Waals surface area contributed by atoms with Crippen LogP contribution in [0.4, 0.5) is 0 Å². The molecule has 1 aromatic heterocycles. The van der Waals surface area contributed by atoms with Gasteiger partial charge >= 0.3 is 0 Å². The van der Waals surface area contributed by atoms with Crippen molar-refractivity contribution in [3.8, 4) is 11.6 Å². The SMILES string of the molecule is CCN1CCN(CCOc2cc(C)n(-c3ccc(Cl)c(Cl)c3)n2)CC1.O=CO. The first-order valence-corrected chi connectivity index (χ1v) is 9.91. The highest BCUT2D eigenvalue weighted by Crippen LogP contribution is 2.25. The van der Waals surface area contributed by atoms with E-state index in [2.05, 4.69) is 21.8 Å². The zero-order valence-electron chi connectivity index (χ0n) is 16.1. The average molecular weight is 429 g/mol. The Morgan fingerprint density at radius 3 is 2.39 bits per heavy atom. The molecule has 2 heterocycles. The van der Waals surface area contributed by atoms with Crippen LogP contribution in [-0.4, -0.2) is 77.0 Å². The molecule has 1 aliphatic rings. The van der Waals surface area contributed by atoms with Crippen LogP contribution in [-0.2, 0) is 4.79 Å². The molecule has 0 atom stereocenters. The Kier molecular flexibility index (Phi) is 9.05. The maximum atomic E-state index is 8.36. The number of piperazine rings is 1. The summed E-state index contributed by atoms with van der Waals surface area (Å²) in [5.74, 6) is 0.635. The van der Waals surface area contributed by atoms with E-state index < -0.39 is 0 Å². The van der Waals surface area contributed by atoms with Crippen LogP contribution < -0.4 is 4.74 Å². The van der Waals surface area contributed by atoms with E-state index in [1.54, 1.807) is 12.1 Å². The smallest absolute Gasteiger partial charge is 0.290 e. The van der Waals surface area contributed by atoms with Crippen molar-refractivity contribution in [2.45, 2.75) is 13.8 Å². The van der Waals surface area contributed by atoms with Crippen molar-refractivity contribution in [3.05, 3.63) is 40.0 Å². The van der Waals surface area contributed by atoms with E-state index in [-0.39, 0.29) is 6.47 Å². The molecule has 9 heteroatoms. The molecule has 1 fully saturated rings. The van der Waals surface area contributed by atoms with E-state index in [9.17, 15) is 0 Å². The quantitative estimate of drug-likeness (QED) is 0.712. The summed E-state index contributed by atoms with van der Waals surface area (Å²) in [6, 6.07) is 7.42. The number of hydrogen-bond acceptors (Lipinski definition) is 5. The van der Waals surface area contributed by atoms with Crippen LogP contribution in [0.25, 0.3) is 5.69 Å². The molecule has 0 bridgehead atoms. The largest absolute Gasteiger partial charge is 0.483 e.